The molecule has 0 radical (unpaired) electrons. The topological polar surface area (TPSA) is 81.6 Å². The molecule has 1 heterocycles. The molecule has 1 aromatic carbocycles. The summed E-state index contributed by atoms with van der Waals surface area (Å²) in [6.45, 7) is 5.46. The van der Waals surface area contributed by atoms with E-state index in [1.165, 1.54) is 18.2 Å². The van der Waals surface area contributed by atoms with Crippen molar-refractivity contribution in [3.8, 4) is 5.75 Å². The van der Waals surface area contributed by atoms with Crippen molar-refractivity contribution in [2.45, 2.75) is 0 Å². The van der Waals surface area contributed by atoms with Crippen molar-refractivity contribution in [3.63, 3.8) is 0 Å². The third-order valence-electron chi connectivity index (χ3n) is 3.89. The van der Waals surface area contributed by atoms with Gasteiger partial charge in [-0.3, -0.25) is 15.0 Å². The van der Waals surface area contributed by atoms with Crippen LogP contribution in [0.1, 0.15) is 0 Å². The predicted octanol–water partition coefficient (Wildman–Crippen LogP) is 0.948. The van der Waals surface area contributed by atoms with Crippen molar-refractivity contribution >= 4 is 11.4 Å². The molecule has 2 rings (SSSR count). The molecule has 0 aliphatic carbocycles. The van der Waals surface area contributed by atoms with Crippen molar-refractivity contribution in [3.05, 3.63) is 28.3 Å². The third-order valence-corrected chi connectivity index (χ3v) is 3.89. The zero-order valence-corrected chi connectivity index (χ0v) is 12.6. The van der Waals surface area contributed by atoms with Gasteiger partial charge in [-0.15, -0.1) is 0 Å². The van der Waals surface area contributed by atoms with E-state index in [0.717, 1.165) is 37.2 Å². The van der Waals surface area contributed by atoms with Crippen molar-refractivity contribution in [1.82, 2.24) is 4.90 Å². The Labute approximate surface area is 124 Å². The van der Waals surface area contributed by atoms with Gasteiger partial charge in [0.25, 0.3) is 0 Å². The Kier molecular flexibility index (Phi) is 4.64. The van der Waals surface area contributed by atoms with Gasteiger partial charge in [-0.25, -0.2) is 0 Å². The smallest absolute Gasteiger partial charge is 0.311 e. The first kappa shape index (κ1) is 15.5. The highest BCUT2D eigenvalue weighted by molar-refractivity contribution is 5.55. The zero-order valence-electron chi connectivity index (χ0n) is 12.6. The Bertz CT molecular complexity index is 509. The molecule has 1 saturated heterocycles. The van der Waals surface area contributed by atoms with Crippen LogP contribution < -0.4 is 10.5 Å². The average molecular weight is 295 g/mol. The second kappa shape index (κ2) is 6.28. The molecule has 0 saturated carbocycles. The van der Waals surface area contributed by atoms with Gasteiger partial charge in [0.2, 0.25) is 0 Å². The quantitative estimate of drug-likeness (QED) is 0.378. The number of nitro benzene ring substituents is 1. The number of rotatable bonds is 5. The highest BCUT2D eigenvalue weighted by atomic mass is 16.6. The molecule has 7 nitrogen and oxygen atoms in total. The molecule has 7 heteroatoms. The molecule has 0 aromatic heterocycles. The van der Waals surface area contributed by atoms with Crippen molar-refractivity contribution in [2.75, 3.05) is 59.2 Å². The largest absolute Gasteiger partial charge is 0.485 e. The lowest BCUT2D eigenvalue weighted by Gasteiger charge is -2.38. The normalized spacial score (nSPS) is 18.4. The van der Waals surface area contributed by atoms with Crippen LogP contribution in [0.15, 0.2) is 18.2 Å². The van der Waals surface area contributed by atoms with Crippen LogP contribution in [0.5, 0.6) is 5.75 Å². The highest BCUT2D eigenvalue weighted by Gasteiger charge is 2.24. The minimum absolute atomic E-state index is 0.0411. The van der Waals surface area contributed by atoms with E-state index >= 15 is 0 Å². The first-order chi connectivity index (χ1) is 9.87. The molecule has 0 atom stereocenters. The Morgan fingerprint density at radius 3 is 2.67 bits per heavy atom. The number of ether oxygens (including phenoxy) is 1. The van der Waals surface area contributed by atoms with Gasteiger partial charge in [0.1, 0.15) is 6.61 Å². The van der Waals surface area contributed by atoms with Crippen molar-refractivity contribution in [2.24, 2.45) is 0 Å². The van der Waals surface area contributed by atoms with Crippen LogP contribution in [0, 0.1) is 10.1 Å². The number of piperazine rings is 1. The number of nitro groups is 1. The number of hydrogen-bond donors (Lipinski definition) is 1. The number of nitrogens with two attached hydrogens (primary N) is 1. The summed E-state index contributed by atoms with van der Waals surface area (Å²) in [4.78, 5) is 12.8. The fourth-order valence-corrected chi connectivity index (χ4v) is 2.35. The summed E-state index contributed by atoms with van der Waals surface area (Å²) >= 11 is 0. The van der Waals surface area contributed by atoms with E-state index < -0.39 is 4.92 Å². The van der Waals surface area contributed by atoms with Gasteiger partial charge in [0.15, 0.2) is 5.75 Å². The molecule has 2 N–H and O–H groups in total. The van der Waals surface area contributed by atoms with E-state index in [0.29, 0.717) is 12.3 Å². The lowest BCUT2D eigenvalue weighted by Crippen LogP contribution is -2.55. The number of anilines is 1. The molecule has 0 unspecified atom stereocenters. The van der Waals surface area contributed by atoms with E-state index in [2.05, 4.69) is 19.0 Å². The maximum Gasteiger partial charge on any atom is 0.311 e. The van der Waals surface area contributed by atoms with Crippen LogP contribution in [-0.4, -0.2) is 67.7 Å². The van der Waals surface area contributed by atoms with Crippen molar-refractivity contribution in [1.29, 1.82) is 0 Å². The van der Waals surface area contributed by atoms with Gasteiger partial charge in [0.05, 0.1) is 32.1 Å². The predicted molar refractivity (Wildman–Crippen MR) is 81.3 cm³/mol. The summed E-state index contributed by atoms with van der Waals surface area (Å²) in [7, 11) is 4.45. The fourth-order valence-electron chi connectivity index (χ4n) is 2.35. The number of likely N-dealkylation sites (N-methyl/N-ethyl adjacent to an activating group) is 1. The third kappa shape index (κ3) is 4.30. The molecule has 1 aliphatic rings. The standard InChI is InChI=1S/C14H23N4O3/c1-18(2)8-5-16(6-9-18)7-10-21-14-11-12(15)3-4-13(14)17(19)20/h3-4,11H,5-10,15H2,1-2H3/q+1. The molecule has 0 amide bonds. The maximum atomic E-state index is 10.9. The van der Waals surface area contributed by atoms with Gasteiger partial charge in [0, 0.05) is 37.5 Å². The summed E-state index contributed by atoms with van der Waals surface area (Å²) in [6.07, 6.45) is 0. The molecule has 116 valence electrons. The molecule has 1 aromatic rings. The van der Waals surface area contributed by atoms with Crippen LogP contribution >= 0.6 is 0 Å². The van der Waals surface area contributed by atoms with Crippen molar-refractivity contribution < 1.29 is 14.1 Å². The first-order valence-electron chi connectivity index (χ1n) is 7.08. The number of quaternary nitrogens is 1. The lowest BCUT2D eigenvalue weighted by molar-refractivity contribution is -0.894. The zero-order chi connectivity index (χ0) is 15.5. The second-order valence-corrected chi connectivity index (χ2v) is 6.06. The van der Waals surface area contributed by atoms with Gasteiger partial charge < -0.3 is 15.0 Å². The van der Waals surface area contributed by atoms with Gasteiger partial charge in [-0.05, 0) is 6.07 Å². The molecule has 0 bridgehead atoms. The van der Waals surface area contributed by atoms with E-state index in [4.69, 9.17) is 10.5 Å². The highest BCUT2D eigenvalue weighted by Crippen LogP contribution is 2.28. The Morgan fingerprint density at radius 1 is 1.38 bits per heavy atom. The monoisotopic (exact) mass is 295 g/mol. The molecule has 1 fully saturated rings. The second-order valence-electron chi connectivity index (χ2n) is 6.06. The number of benzene rings is 1. The van der Waals surface area contributed by atoms with Crippen LogP contribution in [0.2, 0.25) is 0 Å². The van der Waals surface area contributed by atoms with Crippen LogP contribution in [0.25, 0.3) is 0 Å². The van der Waals surface area contributed by atoms with Crippen LogP contribution in [-0.2, 0) is 0 Å². The molecule has 1 aliphatic heterocycles. The molecular formula is C14H23N4O3+. The number of nitrogens with zero attached hydrogens (tertiary/aromatic N) is 3. The lowest BCUT2D eigenvalue weighted by atomic mass is 10.2. The average Bonchev–Trinajstić information content (AvgIpc) is 2.40. The summed E-state index contributed by atoms with van der Waals surface area (Å²) < 4.78 is 6.61. The maximum absolute atomic E-state index is 10.9. The molecule has 0 spiro atoms. The summed E-state index contributed by atoms with van der Waals surface area (Å²) in [5.74, 6) is 0.244. The van der Waals surface area contributed by atoms with E-state index in [-0.39, 0.29) is 11.4 Å². The van der Waals surface area contributed by atoms with Crippen LogP contribution in [0.3, 0.4) is 0 Å². The van der Waals surface area contributed by atoms with Gasteiger partial charge in [-0.1, -0.05) is 0 Å². The summed E-state index contributed by atoms with van der Waals surface area (Å²) in [5.41, 5.74) is 6.08. The van der Waals surface area contributed by atoms with Gasteiger partial charge in [-0.2, -0.15) is 0 Å². The van der Waals surface area contributed by atoms with Crippen LogP contribution in [0.4, 0.5) is 11.4 Å². The summed E-state index contributed by atoms with van der Waals surface area (Å²) in [5, 5.41) is 10.9. The number of nitrogen functional groups attached to an aromatic ring is 1. The van der Waals surface area contributed by atoms with E-state index in [1.54, 1.807) is 0 Å². The number of hydrogen-bond acceptors (Lipinski definition) is 5. The summed E-state index contributed by atoms with van der Waals surface area (Å²) in [6, 6.07) is 4.40. The molecular weight excluding hydrogens is 272 g/mol. The fraction of sp³-hybridized carbons (Fsp3) is 0.571. The Balaban J connectivity index is 1.86. The molecule has 21 heavy (non-hydrogen) atoms. The minimum Gasteiger partial charge on any atom is -0.485 e. The SMILES string of the molecule is C[N+]1(C)CCN(CCOc2cc(N)ccc2[N+](=O)[O-])CC1. The van der Waals surface area contributed by atoms with Gasteiger partial charge >= 0.3 is 5.69 Å². The minimum atomic E-state index is -0.449. The first-order valence-corrected chi connectivity index (χ1v) is 7.08. The Morgan fingerprint density at radius 2 is 2.05 bits per heavy atom. The Hall–Kier alpha value is -1.86. The van der Waals surface area contributed by atoms with E-state index in [9.17, 15) is 10.1 Å². The van der Waals surface area contributed by atoms with E-state index in [1.807, 2.05) is 0 Å².